The average Bonchev–Trinajstić information content (AvgIpc) is 2.44. The van der Waals surface area contributed by atoms with Gasteiger partial charge in [0.15, 0.2) is 5.69 Å². The lowest BCUT2D eigenvalue weighted by atomic mass is 10.3. The summed E-state index contributed by atoms with van der Waals surface area (Å²) in [6.45, 7) is 3.73. The van der Waals surface area contributed by atoms with Crippen LogP contribution in [-0.4, -0.2) is 16.0 Å². The van der Waals surface area contributed by atoms with Crippen LogP contribution < -0.4 is 10.6 Å². The maximum absolute atomic E-state index is 13.0. The molecule has 0 saturated heterocycles. The van der Waals surface area contributed by atoms with Gasteiger partial charge in [-0.1, -0.05) is 30.1 Å². The van der Waals surface area contributed by atoms with Crippen LogP contribution in [0.15, 0.2) is 24.3 Å². The Morgan fingerprint density at radius 3 is 2.25 bits per heavy atom. The molecule has 1 heterocycles. The molecule has 0 amide bonds. The number of hydrogen-bond donors (Lipinski definition) is 2. The lowest BCUT2D eigenvalue weighted by molar-refractivity contribution is -0.141. The molecule has 2 rings (SSSR count). The number of aromatic nitrogens is 2. The molecule has 4 nitrogen and oxygen atoms in total. The fourth-order valence-corrected chi connectivity index (χ4v) is 2.34. The molecule has 0 aliphatic heterocycles. The lowest BCUT2D eigenvalue weighted by Crippen LogP contribution is -2.18. The molecule has 2 aromatic rings. The number of halogens is 5. The predicted molar refractivity (Wildman–Crippen MR) is 90.2 cm³/mol. The van der Waals surface area contributed by atoms with Gasteiger partial charge in [0.05, 0.1) is 0 Å². The molecule has 0 fully saturated rings. The number of alkyl halides is 3. The largest absolute Gasteiger partial charge is 0.433 e. The minimum atomic E-state index is -4.59. The van der Waals surface area contributed by atoms with Crippen molar-refractivity contribution in [1.29, 1.82) is 0 Å². The minimum Gasteiger partial charge on any atom is -0.352 e. The van der Waals surface area contributed by atoms with E-state index in [1.54, 1.807) is 0 Å². The van der Waals surface area contributed by atoms with Gasteiger partial charge in [-0.2, -0.15) is 18.2 Å². The fraction of sp³-hybridized carbons (Fsp3) is 0.333. The van der Waals surface area contributed by atoms with Gasteiger partial charge in [0, 0.05) is 27.8 Å². The van der Waals surface area contributed by atoms with Crippen LogP contribution >= 0.6 is 23.2 Å². The zero-order valence-corrected chi connectivity index (χ0v) is 14.4. The fourth-order valence-electron chi connectivity index (χ4n) is 1.82. The minimum absolute atomic E-state index is 0.0125. The van der Waals surface area contributed by atoms with Crippen LogP contribution in [0.1, 0.15) is 26.0 Å². The van der Waals surface area contributed by atoms with Gasteiger partial charge in [-0.3, -0.25) is 0 Å². The highest BCUT2D eigenvalue weighted by atomic mass is 35.5. The highest BCUT2D eigenvalue weighted by Crippen LogP contribution is 2.31. The van der Waals surface area contributed by atoms with Crippen molar-refractivity contribution in [2.24, 2.45) is 0 Å². The molecule has 2 N–H and O–H groups in total. The Hall–Kier alpha value is -1.73. The molecule has 0 bridgehead atoms. The molecule has 0 unspecified atom stereocenters. The number of benzene rings is 1. The summed E-state index contributed by atoms with van der Waals surface area (Å²) >= 11 is 11.8. The summed E-state index contributed by atoms with van der Waals surface area (Å²) in [5.74, 6) is -0.115. The quantitative estimate of drug-likeness (QED) is 0.694. The van der Waals surface area contributed by atoms with Crippen LogP contribution in [0.3, 0.4) is 0 Å². The Bertz CT molecular complexity index is 702. The third-order valence-electron chi connectivity index (χ3n) is 3.14. The summed E-state index contributed by atoms with van der Waals surface area (Å²) in [7, 11) is 0. The van der Waals surface area contributed by atoms with Crippen molar-refractivity contribution in [2.45, 2.75) is 32.5 Å². The standard InChI is InChI=1S/C15H15Cl2F3N4/c1-3-8(2)21-14-23-12(15(18,19)20)7-13(24-14)22-11-5-9(16)4-10(17)6-11/h4-8H,3H2,1-2H3,(H2,21,22,23,24)/t8-/m1/s1. The van der Waals surface area contributed by atoms with E-state index in [1.807, 2.05) is 13.8 Å². The molecule has 1 aromatic heterocycles. The van der Waals surface area contributed by atoms with E-state index in [-0.39, 0.29) is 17.8 Å². The van der Waals surface area contributed by atoms with Crippen LogP contribution in [0.25, 0.3) is 0 Å². The molecule has 0 aliphatic carbocycles. The van der Waals surface area contributed by atoms with E-state index in [9.17, 15) is 13.2 Å². The molecule has 0 radical (unpaired) electrons. The first-order valence-corrected chi connectivity index (χ1v) is 7.89. The number of hydrogen-bond acceptors (Lipinski definition) is 4. The topological polar surface area (TPSA) is 49.8 Å². The number of nitrogens with one attached hydrogen (secondary N) is 2. The first-order valence-electron chi connectivity index (χ1n) is 7.13. The predicted octanol–water partition coefficient (Wildman–Crippen LogP) is 5.76. The van der Waals surface area contributed by atoms with Gasteiger partial charge in [-0.25, -0.2) is 4.98 Å². The molecule has 1 aromatic carbocycles. The highest BCUT2D eigenvalue weighted by molar-refractivity contribution is 6.35. The van der Waals surface area contributed by atoms with Gasteiger partial charge >= 0.3 is 6.18 Å². The van der Waals surface area contributed by atoms with Crippen molar-refractivity contribution in [3.8, 4) is 0 Å². The van der Waals surface area contributed by atoms with Gasteiger partial charge in [0.2, 0.25) is 5.95 Å². The van der Waals surface area contributed by atoms with E-state index < -0.39 is 11.9 Å². The smallest absolute Gasteiger partial charge is 0.352 e. The summed E-state index contributed by atoms with van der Waals surface area (Å²) in [6.07, 6.45) is -3.87. The maximum atomic E-state index is 13.0. The first kappa shape index (κ1) is 18.6. The SMILES string of the molecule is CC[C@@H](C)Nc1nc(Nc2cc(Cl)cc(Cl)c2)cc(C(F)(F)F)n1. The van der Waals surface area contributed by atoms with Gasteiger partial charge in [-0.15, -0.1) is 0 Å². The third-order valence-corrected chi connectivity index (χ3v) is 3.58. The number of nitrogens with zero attached hydrogens (tertiary/aromatic N) is 2. The molecule has 130 valence electrons. The Morgan fingerprint density at radius 1 is 1.08 bits per heavy atom. The number of anilines is 3. The average molecular weight is 379 g/mol. The molecule has 9 heteroatoms. The Kier molecular flexibility index (Phi) is 5.77. The Balaban J connectivity index is 2.38. The van der Waals surface area contributed by atoms with Crippen LogP contribution in [0.2, 0.25) is 10.0 Å². The summed E-state index contributed by atoms with van der Waals surface area (Å²) < 4.78 is 39.1. The first-order chi connectivity index (χ1) is 11.2. The van der Waals surface area contributed by atoms with Gasteiger partial charge < -0.3 is 10.6 Å². The normalized spacial score (nSPS) is 12.8. The zero-order chi connectivity index (χ0) is 17.9. The van der Waals surface area contributed by atoms with E-state index in [0.717, 1.165) is 6.07 Å². The van der Waals surface area contributed by atoms with Crippen LogP contribution in [0.5, 0.6) is 0 Å². The van der Waals surface area contributed by atoms with E-state index in [1.165, 1.54) is 18.2 Å². The van der Waals surface area contributed by atoms with Crippen molar-refractivity contribution in [2.75, 3.05) is 10.6 Å². The summed E-state index contributed by atoms with van der Waals surface area (Å²) in [5.41, 5.74) is -0.618. The molecule has 0 aliphatic rings. The summed E-state index contributed by atoms with van der Waals surface area (Å²) in [4.78, 5) is 7.60. The molecule has 0 spiro atoms. The second kappa shape index (κ2) is 7.44. The monoisotopic (exact) mass is 378 g/mol. The second-order valence-electron chi connectivity index (χ2n) is 5.20. The van der Waals surface area contributed by atoms with Crippen molar-refractivity contribution < 1.29 is 13.2 Å². The molecular weight excluding hydrogens is 364 g/mol. The van der Waals surface area contributed by atoms with Gasteiger partial charge in [-0.05, 0) is 31.5 Å². The number of rotatable bonds is 5. The highest BCUT2D eigenvalue weighted by Gasteiger charge is 2.33. The Morgan fingerprint density at radius 2 is 1.71 bits per heavy atom. The van der Waals surface area contributed by atoms with Crippen LogP contribution in [-0.2, 0) is 6.18 Å². The van der Waals surface area contributed by atoms with Crippen molar-refractivity contribution >= 4 is 40.7 Å². The van der Waals surface area contributed by atoms with E-state index in [4.69, 9.17) is 23.2 Å². The lowest BCUT2D eigenvalue weighted by Gasteiger charge is -2.15. The molecule has 24 heavy (non-hydrogen) atoms. The van der Waals surface area contributed by atoms with Crippen molar-refractivity contribution in [3.63, 3.8) is 0 Å². The van der Waals surface area contributed by atoms with E-state index in [0.29, 0.717) is 22.2 Å². The molecular formula is C15H15Cl2F3N4. The molecule has 0 saturated carbocycles. The van der Waals surface area contributed by atoms with Gasteiger partial charge in [0.25, 0.3) is 0 Å². The van der Waals surface area contributed by atoms with Gasteiger partial charge in [0.1, 0.15) is 5.82 Å². The molecule has 1 atom stereocenters. The van der Waals surface area contributed by atoms with Crippen LogP contribution in [0.4, 0.5) is 30.6 Å². The Labute approximate surface area is 147 Å². The van der Waals surface area contributed by atoms with E-state index in [2.05, 4.69) is 20.6 Å². The second-order valence-corrected chi connectivity index (χ2v) is 6.07. The summed E-state index contributed by atoms with van der Waals surface area (Å²) in [5, 5.41) is 6.32. The summed E-state index contributed by atoms with van der Waals surface area (Å²) in [6, 6.07) is 5.35. The third kappa shape index (κ3) is 5.14. The van der Waals surface area contributed by atoms with Crippen molar-refractivity contribution in [1.82, 2.24) is 9.97 Å². The van der Waals surface area contributed by atoms with Crippen molar-refractivity contribution in [3.05, 3.63) is 40.0 Å². The van der Waals surface area contributed by atoms with Crippen LogP contribution in [0, 0.1) is 0 Å². The zero-order valence-electron chi connectivity index (χ0n) is 12.9. The van der Waals surface area contributed by atoms with E-state index >= 15 is 0 Å². The maximum Gasteiger partial charge on any atom is 0.433 e.